The molecule has 1 heterocycles. The Balaban J connectivity index is 2.53. The van der Waals surface area contributed by atoms with Crippen molar-refractivity contribution in [2.24, 2.45) is 0 Å². The fourth-order valence-corrected chi connectivity index (χ4v) is 2.95. The van der Waals surface area contributed by atoms with Gasteiger partial charge in [0.2, 0.25) is 0 Å². The number of carbonyl (C=O) groups excluding carboxylic acids is 4. The molecule has 1 aromatic rings. The molecule has 0 radical (unpaired) electrons. The lowest BCUT2D eigenvalue weighted by molar-refractivity contribution is -0.142. The average Bonchev–Trinajstić information content (AvgIpc) is 3.11. The van der Waals surface area contributed by atoms with E-state index in [1.165, 1.54) is 45.6 Å². The van der Waals surface area contributed by atoms with Gasteiger partial charge in [0.15, 0.2) is 0 Å². The number of allylic oxidation sites excluding steroid dienone is 2. The average molecular weight is 489 g/mol. The van der Waals surface area contributed by atoms with Gasteiger partial charge in [0, 0.05) is 12.3 Å². The van der Waals surface area contributed by atoms with Gasteiger partial charge in [-0.2, -0.15) is 0 Å². The second-order valence-corrected chi connectivity index (χ2v) is 6.79. The summed E-state index contributed by atoms with van der Waals surface area (Å²) < 4.78 is 30.4. The number of hydrogen-bond acceptors (Lipinski definition) is 11. The summed E-state index contributed by atoms with van der Waals surface area (Å²) in [7, 11) is 4.92. The molecule has 1 aliphatic heterocycles. The van der Waals surface area contributed by atoms with Gasteiger partial charge in [-0.3, -0.25) is 9.59 Å². The molecule has 2 rings (SSSR count). The molecule has 0 saturated carbocycles. The van der Waals surface area contributed by atoms with Crippen molar-refractivity contribution < 1.29 is 47.6 Å². The van der Waals surface area contributed by atoms with Crippen LogP contribution in [-0.4, -0.2) is 65.5 Å². The molecule has 0 unspecified atom stereocenters. The molecular formula is C24H27NO10. The molecule has 0 N–H and O–H groups in total. The zero-order valence-corrected chi connectivity index (χ0v) is 19.9. The molecule has 11 nitrogen and oxygen atoms in total. The highest BCUT2D eigenvalue weighted by molar-refractivity contribution is 6.05. The van der Waals surface area contributed by atoms with Crippen LogP contribution >= 0.6 is 0 Å². The molecular weight excluding hydrogens is 462 g/mol. The number of anilines is 1. The molecule has 0 amide bonds. The molecule has 35 heavy (non-hydrogen) atoms. The number of esters is 4. The Morgan fingerprint density at radius 3 is 2.00 bits per heavy atom. The van der Waals surface area contributed by atoms with Crippen LogP contribution in [0.4, 0.5) is 5.69 Å². The van der Waals surface area contributed by atoms with Crippen LogP contribution in [0, 0.1) is 0 Å². The maximum absolute atomic E-state index is 12.8. The van der Waals surface area contributed by atoms with Crippen molar-refractivity contribution in [2.75, 3.05) is 46.6 Å². The molecule has 0 saturated heterocycles. The fraction of sp³-hybridized carbons (Fsp3) is 0.333. The minimum Gasteiger partial charge on any atom is -0.493 e. The van der Waals surface area contributed by atoms with Crippen molar-refractivity contribution in [3.05, 3.63) is 53.9 Å². The summed E-state index contributed by atoms with van der Waals surface area (Å²) in [6, 6.07) is 4.72. The minimum atomic E-state index is -0.806. The van der Waals surface area contributed by atoms with Crippen LogP contribution in [0.15, 0.2) is 53.9 Å². The Kier molecular flexibility index (Phi) is 10.3. The van der Waals surface area contributed by atoms with Crippen LogP contribution in [0.25, 0.3) is 0 Å². The summed E-state index contributed by atoms with van der Waals surface area (Å²) >= 11 is 0. The lowest BCUT2D eigenvalue weighted by Crippen LogP contribution is -2.27. The van der Waals surface area contributed by atoms with E-state index in [0.717, 1.165) is 0 Å². The third kappa shape index (κ3) is 7.36. The second kappa shape index (κ2) is 13.4. The standard InChI is InChI=1S/C24H27NO10/c1-30-20(26)10-13-34-16-8-9-19(35-14-11-21(27)31-2)18(15-16)25-12-6-5-7-17(23(28)32-3)22(25)24(29)33-4/h5-9,12,15H,10-11,13-14H2,1-4H3. The van der Waals surface area contributed by atoms with Crippen LogP contribution in [0.1, 0.15) is 12.8 Å². The van der Waals surface area contributed by atoms with E-state index in [1.54, 1.807) is 30.4 Å². The zero-order valence-electron chi connectivity index (χ0n) is 19.9. The van der Waals surface area contributed by atoms with E-state index in [1.807, 2.05) is 0 Å². The van der Waals surface area contributed by atoms with Crippen molar-refractivity contribution in [1.82, 2.24) is 0 Å². The first-order valence-electron chi connectivity index (χ1n) is 10.4. The fourth-order valence-electron chi connectivity index (χ4n) is 2.95. The number of benzene rings is 1. The third-order valence-electron chi connectivity index (χ3n) is 4.67. The predicted molar refractivity (Wildman–Crippen MR) is 123 cm³/mol. The van der Waals surface area contributed by atoms with Gasteiger partial charge in [-0.05, 0) is 24.3 Å². The van der Waals surface area contributed by atoms with E-state index in [-0.39, 0.29) is 43.1 Å². The normalized spacial score (nSPS) is 12.5. The van der Waals surface area contributed by atoms with Crippen molar-refractivity contribution in [3.8, 4) is 11.5 Å². The van der Waals surface area contributed by atoms with Crippen LogP contribution in [0.2, 0.25) is 0 Å². The van der Waals surface area contributed by atoms with Gasteiger partial charge in [-0.1, -0.05) is 6.08 Å². The number of ether oxygens (including phenoxy) is 6. The van der Waals surface area contributed by atoms with Gasteiger partial charge in [0.25, 0.3) is 0 Å². The van der Waals surface area contributed by atoms with E-state index < -0.39 is 23.9 Å². The number of nitrogens with zero attached hydrogens (tertiary/aromatic N) is 1. The molecule has 0 atom stereocenters. The summed E-state index contributed by atoms with van der Waals surface area (Å²) in [6.07, 6.45) is 6.11. The van der Waals surface area contributed by atoms with Crippen molar-refractivity contribution >= 4 is 29.6 Å². The topological polar surface area (TPSA) is 127 Å². The van der Waals surface area contributed by atoms with Gasteiger partial charge in [0.1, 0.15) is 17.2 Å². The molecule has 0 fully saturated rings. The SMILES string of the molecule is COC(=O)CCOc1ccc(OCCC(=O)OC)c(N2C=CC=CC(C(=O)OC)=C2C(=O)OC)c1. The first-order chi connectivity index (χ1) is 16.9. The molecule has 0 aliphatic carbocycles. The number of rotatable bonds is 11. The van der Waals surface area contributed by atoms with E-state index in [2.05, 4.69) is 9.47 Å². The van der Waals surface area contributed by atoms with Crippen LogP contribution < -0.4 is 14.4 Å². The van der Waals surface area contributed by atoms with E-state index in [4.69, 9.17) is 18.9 Å². The van der Waals surface area contributed by atoms with E-state index >= 15 is 0 Å². The summed E-state index contributed by atoms with van der Waals surface area (Å²) in [5.41, 5.74) is 0.114. The summed E-state index contributed by atoms with van der Waals surface area (Å²) in [5.74, 6) is -1.84. The summed E-state index contributed by atoms with van der Waals surface area (Å²) in [4.78, 5) is 49.5. The maximum Gasteiger partial charge on any atom is 0.355 e. The monoisotopic (exact) mass is 489 g/mol. The number of hydrogen-bond donors (Lipinski definition) is 0. The predicted octanol–water partition coefficient (Wildman–Crippen LogP) is 2.06. The summed E-state index contributed by atoms with van der Waals surface area (Å²) in [5, 5.41) is 0. The molecule has 0 spiro atoms. The van der Waals surface area contributed by atoms with Gasteiger partial charge in [-0.15, -0.1) is 0 Å². The third-order valence-corrected chi connectivity index (χ3v) is 4.67. The smallest absolute Gasteiger partial charge is 0.355 e. The van der Waals surface area contributed by atoms with Crippen LogP contribution in [0.5, 0.6) is 11.5 Å². The van der Waals surface area contributed by atoms with E-state index in [9.17, 15) is 19.2 Å². The highest BCUT2D eigenvalue weighted by atomic mass is 16.5. The lowest BCUT2D eigenvalue weighted by atomic mass is 10.1. The van der Waals surface area contributed by atoms with E-state index in [0.29, 0.717) is 11.4 Å². The van der Waals surface area contributed by atoms with Gasteiger partial charge in [-0.25, -0.2) is 9.59 Å². The highest BCUT2D eigenvalue weighted by Gasteiger charge is 2.29. The lowest BCUT2D eigenvalue weighted by Gasteiger charge is -2.25. The Hall–Kier alpha value is -4.28. The molecule has 11 heteroatoms. The van der Waals surface area contributed by atoms with Gasteiger partial charge >= 0.3 is 23.9 Å². The summed E-state index contributed by atoms with van der Waals surface area (Å²) in [6.45, 7) is 0.0261. The largest absolute Gasteiger partial charge is 0.493 e. The van der Waals surface area contributed by atoms with Crippen LogP contribution in [-0.2, 0) is 38.1 Å². The molecule has 0 aromatic heterocycles. The maximum atomic E-state index is 12.8. The number of carbonyl (C=O) groups is 4. The van der Waals surface area contributed by atoms with Crippen molar-refractivity contribution in [3.63, 3.8) is 0 Å². The van der Waals surface area contributed by atoms with Crippen molar-refractivity contribution in [2.45, 2.75) is 12.8 Å². The first kappa shape index (κ1) is 27.0. The van der Waals surface area contributed by atoms with Gasteiger partial charge < -0.3 is 33.3 Å². The Labute approximate surface area is 202 Å². The Bertz CT molecular complexity index is 1040. The number of methoxy groups -OCH3 is 4. The highest BCUT2D eigenvalue weighted by Crippen LogP contribution is 2.37. The first-order valence-corrected chi connectivity index (χ1v) is 10.4. The molecule has 1 aromatic carbocycles. The Morgan fingerprint density at radius 1 is 0.771 bits per heavy atom. The molecule has 1 aliphatic rings. The molecule has 188 valence electrons. The van der Waals surface area contributed by atoms with Crippen molar-refractivity contribution in [1.29, 1.82) is 0 Å². The zero-order chi connectivity index (χ0) is 25.8. The Morgan fingerprint density at radius 2 is 1.40 bits per heavy atom. The van der Waals surface area contributed by atoms with Gasteiger partial charge in [0.05, 0.1) is 65.8 Å². The second-order valence-electron chi connectivity index (χ2n) is 6.79. The molecule has 0 bridgehead atoms. The minimum absolute atomic E-state index is 0.0147. The quantitative estimate of drug-likeness (QED) is 0.335. The van der Waals surface area contributed by atoms with Crippen LogP contribution in [0.3, 0.4) is 0 Å².